The molecule has 0 aromatic rings. The van der Waals surface area contributed by atoms with E-state index in [1.807, 2.05) is 0 Å². The largest absolute Gasteiger partial charge is 0.439 e. The summed E-state index contributed by atoms with van der Waals surface area (Å²) in [5, 5.41) is 2.41. The van der Waals surface area contributed by atoms with Gasteiger partial charge in [-0.15, -0.1) is 0 Å². The first-order valence-electron chi connectivity index (χ1n) is 4.41. The summed E-state index contributed by atoms with van der Waals surface area (Å²) < 4.78 is 9.34. The third kappa shape index (κ3) is 3.21. The van der Waals surface area contributed by atoms with E-state index >= 15 is 0 Å². The molecule has 1 aliphatic rings. The first-order valence-corrected chi connectivity index (χ1v) is 4.41. The Kier molecular flexibility index (Phi) is 4.18. The average Bonchev–Trinajstić information content (AvgIpc) is 2.08. The van der Waals surface area contributed by atoms with Crippen molar-refractivity contribution < 1.29 is 19.1 Å². The number of rotatable bonds is 4. The molecule has 0 bridgehead atoms. The minimum Gasteiger partial charge on any atom is -0.439 e. The summed E-state index contributed by atoms with van der Waals surface area (Å²) in [4.78, 5) is 23.6. The zero-order valence-corrected chi connectivity index (χ0v) is 8.12. The number of nitrogens with zero attached hydrogens (tertiary/aromatic N) is 1. The van der Waals surface area contributed by atoms with Crippen LogP contribution in [0.4, 0.5) is 4.79 Å². The Bertz CT molecular complexity index is 215. The van der Waals surface area contributed by atoms with E-state index in [1.165, 1.54) is 7.11 Å². The standard InChI is InChI=1S/C8H14N2O4/c1-13-6-9-7(11)5-14-8(12)10-3-2-4-10/h2-6H2,1H3,(H,9,11). The van der Waals surface area contributed by atoms with Gasteiger partial charge in [0, 0.05) is 20.2 Å². The van der Waals surface area contributed by atoms with Gasteiger partial charge in [0.1, 0.15) is 6.73 Å². The van der Waals surface area contributed by atoms with Crippen molar-refractivity contribution in [3.63, 3.8) is 0 Å². The molecule has 0 aromatic heterocycles. The van der Waals surface area contributed by atoms with Gasteiger partial charge < -0.3 is 19.7 Å². The molecule has 1 rings (SSSR count). The van der Waals surface area contributed by atoms with E-state index in [9.17, 15) is 9.59 Å². The number of carbonyl (C=O) groups excluding carboxylic acids is 2. The Hall–Kier alpha value is -1.30. The summed E-state index contributed by atoms with van der Waals surface area (Å²) in [6, 6.07) is 0. The molecule has 14 heavy (non-hydrogen) atoms. The fourth-order valence-electron chi connectivity index (χ4n) is 0.921. The highest BCUT2D eigenvalue weighted by Crippen LogP contribution is 2.06. The molecule has 0 saturated carbocycles. The van der Waals surface area contributed by atoms with Crippen molar-refractivity contribution in [1.82, 2.24) is 10.2 Å². The summed E-state index contributed by atoms with van der Waals surface area (Å²) in [5.41, 5.74) is 0. The van der Waals surface area contributed by atoms with Crippen LogP contribution in [0.1, 0.15) is 6.42 Å². The SMILES string of the molecule is COCNC(=O)COC(=O)N1CCC1. The zero-order chi connectivity index (χ0) is 10.4. The Balaban J connectivity index is 2.06. The number of methoxy groups -OCH3 is 1. The lowest BCUT2D eigenvalue weighted by molar-refractivity contribution is -0.125. The topological polar surface area (TPSA) is 67.9 Å². The lowest BCUT2D eigenvalue weighted by atomic mass is 10.2. The summed E-state index contributed by atoms with van der Waals surface area (Å²) in [6.07, 6.45) is 0.578. The van der Waals surface area contributed by atoms with E-state index in [0.717, 1.165) is 19.5 Å². The number of amides is 2. The molecule has 1 fully saturated rings. The van der Waals surface area contributed by atoms with Crippen LogP contribution in [0.25, 0.3) is 0 Å². The van der Waals surface area contributed by atoms with Crippen molar-refractivity contribution >= 4 is 12.0 Å². The Morgan fingerprint density at radius 1 is 1.43 bits per heavy atom. The maximum absolute atomic E-state index is 11.1. The van der Waals surface area contributed by atoms with Crippen molar-refractivity contribution in [2.24, 2.45) is 0 Å². The van der Waals surface area contributed by atoms with Crippen LogP contribution in [0, 0.1) is 0 Å². The summed E-state index contributed by atoms with van der Waals surface area (Å²) in [6.45, 7) is 1.32. The van der Waals surface area contributed by atoms with Crippen LogP contribution in [0.5, 0.6) is 0 Å². The molecule has 0 aliphatic carbocycles. The van der Waals surface area contributed by atoms with Crippen molar-refractivity contribution in [3.05, 3.63) is 0 Å². The van der Waals surface area contributed by atoms with Crippen molar-refractivity contribution in [2.45, 2.75) is 6.42 Å². The maximum Gasteiger partial charge on any atom is 0.410 e. The summed E-state index contributed by atoms with van der Waals surface area (Å²) >= 11 is 0. The van der Waals surface area contributed by atoms with Crippen LogP contribution >= 0.6 is 0 Å². The van der Waals surface area contributed by atoms with Crippen LogP contribution in [0.2, 0.25) is 0 Å². The lowest BCUT2D eigenvalue weighted by Crippen LogP contribution is -2.43. The van der Waals surface area contributed by atoms with Gasteiger partial charge in [-0.2, -0.15) is 0 Å². The van der Waals surface area contributed by atoms with Gasteiger partial charge in [0.15, 0.2) is 6.61 Å². The Morgan fingerprint density at radius 3 is 2.64 bits per heavy atom. The van der Waals surface area contributed by atoms with Gasteiger partial charge in [-0.05, 0) is 6.42 Å². The number of hydrogen-bond donors (Lipinski definition) is 1. The molecule has 80 valence electrons. The van der Waals surface area contributed by atoms with Gasteiger partial charge in [0.2, 0.25) is 0 Å². The first kappa shape index (κ1) is 10.8. The smallest absolute Gasteiger partial charge is 0.410 e. The second-order valence-electron chi connectivity index (χ2n) is 2.93. The van der Waals surface area contributed by atoms with E-state index in [4.69, 9.17) is 4.74 Å². The molecule has 6 heteroatoms. The maximum atomic E-state index is 11.1. The monoisotopic (exact) mass is 202 g/mol. The predicted octanol–water partition coefficient (Wildman–Crippen LogP) is -0.451. The second-order valence-corrected chi connectivity index (χ2v) is 2.93. The molecule has 0 unspecified atom stereocenters. The van der Waals surface area contributed by atoms with Crippen molar-refractivity contribution in [1.29, 1.82) is 0 Å². The third-order valence-electron chi connectivity index (χ3n) is 1.85. The molecule has 1 N–H and O–H groups in total. The molecule has 6 nitrogen and oxygen atoms in total. The minimum atomic E-state index is -0.427. The molecule has 2 amide bonds. The van der Waals surface area contributed by atoms with Crippen molar-refractivity contribution in [3.8, 4) is 0 Å². The van der Waals surface area contributed by atoms with Gasteiger partial charge in [-0.1, -0.05) is 0 Å². The molecule has 1 saturated heterocycles. The van der Waals surface area contributed by atoms with Gasteiger partial charge in [-0.3, -0.25) is 4.79 Å². The van der Waals surface area contributed by atoms with Gasteiger partial charge >= 0.3 is 6.09 Å². The quantitative estimate of drug-likeness (QED) is 0.627. The number of nitrogens with one attached hydrogen (secondary N) is 1. The molecule has 0 atom stereocenters. The molecular weight excluding hydrogens is 188 g/mol. The fourth-order valence-corrected chi connectivity index (χ4v) is 0.921. The third-order valence-corrected chi connectivity index (χ3v) is 1.85. The molecule has 0 radical (unpaired) electrons. The minimum absolute atomic E-state index is 0.125. The molecular formula is C8H14N2O4. The Labute approximate surface area is 82.1 Å². The van der Waals surface area contributed by atoms with Crippen molar-refractivity contribution in [2.75, 3.05) is 33.5 Å². The number of hydrogen-bond acceptors (Lipinski definition) is 4. The van der Waals surface area contributed by atoms with Crippen LogP contribution in [-0.4, -0.2) is 50.4 Å². The van der Waals surface area contributed by atoms with Crippen LogP contribution in [-0.2, 0) is 14.3 Å². The van der Waals surface area contributed by atoms with E-state index in [1.54, 1.807) is 4.90 Å². The van der Waals surface area contributed by atoms with E-state index in [0.29, 0.717) is 0 Å². The Morgan fingerprint density at radius 2 is 2.14 bits per heavy atom. The van der Waals surface area contributed by atoms with Crippen LogP contribution < -0.4 is 5.32 Å². The van der Waals surface area contributed by atoms with E-state index in [-0.39, 0.29) is 19.2 Å². The van der Waals surface area contributed by atoms with E-state index < -0.39 is 6.09 Å². The average molecular weight is 202 g/mol. The van der Waals surface area contributed by atoms with Crippen LogP contribution in [0.3, 0.4) is 0 Å². The van der Waals surface area contributed by atoms with Gasteiger partial charge in [0.25, 0.3) is 5.91 Å². The number of carbonyl (C=O) groups is 2. The zero-order valence-electron chi connectivity index (χ0n) is 8.12. The molecule has 1 heterocycles. The normalized spacial score (nSPS) is 14.5. The fraction of sp³-hybridized carbons (Fsp3) is 0.750. The first-order chi connectivity index (χ1) is 6.74. The number of ether oxygens (including phenoxy) is 2. The second kappa shape index (κ2) is 5.43. The molecule has 0 aromatic carbocycles. The van der Waals surface area contributed by atoms with Gasteiger partial charge in [0.05, 0.1) is 0 Å². The summed E-state index contributed by atoms with van der Waals surface area (Å²) in [5.74, 6) is -0.360. The molecule has 0 spiro atoms. The predicted molar refractivity (Wildman–Crippen MR) is 47.6 cm³/mol. The van der Waals surface area contributed by atoms with Gasteiger partial charge in [-0.25, -0.2) is 4.79 Å². The lowest BCUT2D eigenvalue weighted by Gasteiger charge is -2.29. The number of likely N-dealkylation sites (tertiary alicyclic amines) is 1. The van der Waals surface area contributed by atoms with Crippen LogP contribution in [0.15, 0.2) is 0 Å². The summed E-state index contributed by atoms with van der Waals surface area (Å²) in [7, 11) is 1.46. The highest BCUT2D eigenvalue weighted by molar-refractivity contribution is 5.80. The highest BCUT2D eigenvalue weighted by Gasteiger charge is 2.21. The molecule has 1 aliphatic heterocycles. The van der Waals surface area contributed by atoms with E-state index in [2.05, 4.69) is 10.1 Å². The highest BCUT2D eigenvalue weighted by atomic mass is 16.6.